The Balaban J connectivity index is 1.91. The molecule has 0 spiro atoms. The lowest BCUT2D eigenvalue weighted by Gasteiger charge is -2.42. The molecule has 0 bridgehead atoms. The van der Waals surface area contributed by atoms with E-state index in [1.807, 2.05) is 0 Å². The molecule has 2 N–H and O–H groups in total. The summed E-state index contributed by atoms with van der Waals surface area (Å²) in [5.74, 6) is 0. The Labute approximate surface area is 86.6 Å². The highest BCUT2D eigenvalue weighted by Gasteiger charge is 2.29. The van der Waals surface area contributed by atoms with Crippen LogP contribution in [-0.2, 0) is 4.74 Å². The quantitative estimate of drug-likeness (QED) is 0.719. The Morgan fingerprint density at radius 3 is 2.71 bits per heavy atom. The Morgan fingerprint density at radius 2 is 2.00 bits per heavy atom. The molecule has 0 aromatic carbocycles. The third-order valence-corrected chi connectivity index (χ3v) is 3.59. The fourth-order valence-electron chi connectivity index (χ4n) is 2.76. The van der Waals surface area contributed by atoms with Gasteiger partial charge in [0.15, 0.2) is 0 Å². The van der Waals surface area contributed by atoms with Crippen LogP contribution in [0.2, 0.25) is 0 Å². The summed E-state index contributed by atoms with van der Waals surface area (Å²) in [6, 6.07) is 1.27. The SMILES string of the molecule is NCC1COCCN1C1CCCCC1. The Morgan fingerprint density at radius 1 is 1.21 bits per heavy atom. The number of hydrogen-bond acceptors (Lipinski definition) is 3. The molecule has 82 valence electrons. The first-order chi connectivity index (χ1) is 6.92. The molecule has 3 nitrogen and oxygen atoms in total. The Hall–Kier alpha value is -0.120. The minimum atomic E-state index is 0.479. The summed E-state index contributed by atoms with van der Waals surface area (Å²) in [5, 5.41) is 0. The highest BCUT2D eigenvalue weighted by atomic mass is 16.5. The molecule has 1 saturated heterocycles. The third kappa shape index (κ3) is 2.27. The second-order valence-corrected chi connectivity index (χ2v) is 4.49. The fourth-order valence-corrected chi connectivity index (χ4v) is 2.76. The lowest BCUT2D eigenvalue weighted by atomic mass is 9.93. The molecule has 0 aromatic heterocycles. The van der Waals surface area contributed by atoms with Crippen molar-refractivity contribution in [1.29, 1.82) is 0 Å². The molecular formula is C11H22N2O. The lowest BCUT2D eigenvalue weighted by molar-refractivity contribution is -0.0324. The largest absolute Gasteiger partial charge is 0.378 e. The Kier molecular flexibility index (Phi) is 3.79. The van der Waals surface area contributed by atoms with Gasteiger partial charge in [-0.2, -0.15) is 0 Å². The summed E-state index contributed by atoms with van der Waals surface area (Å²) in [7, 11) is 0. The van der Waals surface area contributed by atoms with Gasteiger partial charge in [-0.1, -0.05) is 19.3 Å². The molecule has 0 radical (unpaired) electrons. The van der Waals surface area contributed by atoms with Crippen LogP contribution in [0, 0.1) is 0 Å². The minimum Gasteiger partial charge on any atom is -0.378 e. The van der Waals surface area contributed by atoms with Crippen LogP contribution in [0.3, 0.4) is 0 Å². The average Bonchev–Trinajstić information content (AvgIpc) is 2.30. The van der Waals surface area contributed by atoms with E-state index in [1.165, 1.54) is 32.1 Å². The van der Waals surface area contributed by atoms with Crippen LogP contribution >= 0.6 is 0 Å². The molecule has 3 heteroatoms. The predicted octanol–water partition coefficient (Wildman–Crippen LogP) is 0.979. The van der Waals surface area contributed by atoms with Gasteiger partial charge in [0.05, 0.1) is 13.2 Å². The first-order valence-electron chi connectivity index (χ1n) is 5.95. The van der Waals surface area contributed by atoms with E-state index in [-0.39, 0.29) is 0 Å². The molecule has 1 unspecified atom stereocenters. The molecule has 14 heavy (non-hydrogen) atoms. The predicted molar refractivity (Wildman–Crippen MR) is 57.2 cm³/mol. The average molecular weight is 198 g/mol. The van der Waals surface area contributed by atoms with E-state index in [1.54, 1.807) is 0 Å². The van der Waals surface area contributed by atoms with Gasteiger partial charge in [0, 0.05) is 25.2 Å². The topological polar surface area (TPSA) is 38.5 Å². The standard InChI is InChI=1S/C11H22N2O/c12-8-11-9-14-7-6-13(11)10-4-2-1-3-5-10/h10-11H,1-9,12H2. The number of nitrogens with zero attached hydrogens (tertiary/aromatic N) is 1. The molecule has 0 aromatic rings. The first kappa shape index (κ1) is 10.4. The van der Waals surface area contributed by atoms with Crippen molar-refractivity contribution in [2.75, 3.05) is 26.3 Å². The molecule has 1 aliphatic carbocycles. The van der Waals surface area contributed by atoms with E-state index in [2.05, 4.69) is 4.90 Å². The van der Waals surface area contributed by atoms with E-state index in [0.717, 1.165) is 32.3 Å². The second-order valence-electron chi connectivity index (χ2n) is 4.49. The molecule has 2 fully saturated rings. The van der Waals surface area contributed by atoms with Crippen molar-refractivity contribution in [1.82, 2.24) is 4.90 Å². The van der Waals surface area contributed by atoms with E-state index in [0.29, 0.717) is 6.04 Å². The minimum absolute atomic E-state index is 0.479. The fraction of sp³-hybridized carbons (Fsp3) is 1.00. The summed E-state index contributed by atoms with van der Waals surface area (Å²) in [6.45, 7) is 3.57. The zero-order valence-corrected chi connectivity index (χ0v) is 8.95. The zero-order chi connectivity index (χ0) is 9.80. The van der Waals surface area contributed by atoms with Crippen LogP contribution in [-0.4, -0.2) is 43.3 Å². The second kappa shape index (κ2) is 5.10. The monoisotopic (exact) mass is 198 g/mol. The van der Waals surface area contributed by atoms with Gasteiger partial charge in [0.1, 0.15) is 0 Å². The van der Waals surface area contributed by atoms with Gasteiger partial charge >= 0.3 is 0 Å². The Bertz CT molecular complexity index is 169. The van der Waals surface area contributed by atoms with Crippen molar-refractivity contribution in [2.24, 2.45) is 5.73 Å². The molecule has 1 aliphatic heterocycles. The molecule has 2 aliphatic rings. The molecule has 1 heterocycles. The molecular weight excluding hydrogens is 176 g/mol. The summed E-state index contributed by atoms with van der Waals surface area (Å²) < 4.78 is 5.47. The van der Waals surface area contributed by atoms with Gasteiger partial charge in [-0.05, 0) is 12.8 Å². The first-order valence-corrected chi connectivity index (χ1v) is 5.95. The highest BCUT2D eigenvalue weighted by molar-refractivity contribution is 4.84. The van der Waals surface area contributed by atoms with E-state index < -0.39 is 0 Å². The smallest absolute Gasteiger partial charge is 0.0634 e. The van der Waals surface area contributed by atoms with Gasteiger partial charge in [-0.25, -0.2) is 0 Å². The zero-order valence-electron chi connectivity index (χ0n) is 8.95. The van der Waals surface area contributed by atoms with Crippen molar-refractivity contribution in [3.05, 3.63) is 0 Å². The number of morpholine rings is 1. The van der Waals surface area contributed by atoms with Gasteiger partial charge in [0.25, 0.3) is 0 Å². The molecule has 2 rings (SSSR count). The number of nitrogens with two attached hydrogens (primary N) is 1. The van der Waals surface area contributed by atoms with Crippen molar-refractivity contribution in [2.45, 2.75) is 44.2 Å². The molecule has 1 atom stereocenters. The summed E-state index contributed by atoms with van der Waals surface area (Å²) in [5.41, 5.74) is 5.78. The highest BCUT2D eigenvalue weighted by Crippen LogP contribution is 2.25. The molecule has 1 saturated carbocycles. The van der Waals surface area contributed by atoms with Crippen LogP contribution in [0.25, 0.3) is 0 Å². The number of hydrogen-bond donors (Lipinski definition) is 1. The van der Waals surface area contributed by atoms with Crippen molar-refractivity contribution >= 4 is 0 Å². The maximum absolute atomic E-state index is 5.78. The normalized spacial score (nSPS) is 31.9. The summed E-state index contributed by atoms with van der Waals surface area (Å²) in [6.07, 6.45) is 6.97. The van der Waals surface area contributed by atoms with Crippen LogP contribution in [0.4, 0.5) is 0 Å². The van der Waals surface area contributed by atoms with Crippen molar-refractivity contribution < 1.29 is 4.74 Å². The maximum Gasteiger partial charge on any atom is 0.0634 e. The summed E-state index contributed by atoms with van der Waals surface area (Å²) >= 11 is 0. The van der Waals surface area contributed by atoms with Crippen LogP contribution < -0.4 is 5.73 Å². The van der Waals surface area contributed by atoms with E-state index in [9.17, 15) is 0 Å². The van der Waals surface area contributed by atoms with E-state index in [4.69, 9.17) is 10.5 Å². The lowest BCUT2D eigenvalue weighted by Crippen LogP contribution is -2.54. The van der Waals surface area contributed by atoms with Crippen LogP contribution in [0.15, 0.2) is 0 Å². The van der Waals surface area contributed by atoms with Gasteiger partial charge in [-0.3, -0.25) is 4.90 Å². The van der Waals surface area contributed by atoms with Gasteiger partial charge in [0.2, 0.25) is 0 Å². The van der Waals surface area contributed by atoms with Gasteiger partial charge in [-0.15, -0.1) is 0 Å². The van der Waals surface area contributed by atoms with Crippen molar-refractivity contribution in [3.8, 4) is 0 Å². The number of rotatable bonds is 2. The maximum atomic E-state index is 5.78. The summed E-state index contributed by atoms with van der Waals surface area (Å²) in [4.78, 5) is 2.60. The van der Waals surface area contributed by atoms with Crippen molar-refractivity contribution in [3.63, 3.8) is 0 Å². The van der Waals surface area contributed by atoms with E-state index >= 15 is 0 Å². The molecule has 0 amide bonds. The third-order valence-electron chi connectivity index (χ3n) is 3.59. The van der Waals surface area contributed by atoms with Gasteiger partial charge < -0.3 is 10.5 Å². The number of ether oxygens (including phenoxy) is 1. The van der Waals surface area contributed by atoms with Crippen LogP contribution in [0.1, 0.15) is 32.1 Å². The van der Waals surface area contributed by atoms with Crippen LogP contribution in [0.5, 0.6) is 0 Å².